The van der Waals surface area contributed by atoms with Gasteiger partial charge < -0.3 is 0 Å². The molecule has 52 valence electrons. The molecule has 0 aliphatic carbocycles. The predicted octanol–water partition coefficient (Wildman–Crippen LogP) is 1.20. The second-order valence-corrected chi connectivity index (χ2v) is 3.06. The Labute approximate surface area is 72.8 Å². The fraction of sp³-hybridized carbons (Fsp3) is 0.333. The van der Waals surface area contributed by atoms with Gasteiger partial charge in [0.2, 0.25) is 0 Å². The van der Waals surface area contributed by atoms with Crippen LogP contribution in [0.2, 0.25) is 0 Å². The zero-order chi connectivity index (χ0) is 7.72. The SMILES string of the molecule is Cc1c(I)c(C#N)nn1C. The zero-order valence-electron chi connectivity index (χ0n) is 5.72. The molecule has 0 saturated heterocycles. The average molecular weight is 247 g/mol. The molecule has 0 fully saturated rings. The highest BCUT2D eigenvalue weighted by molar-refractivity contribution is 14.1. The number of hydrogen-bond donors (Lipinski definition) is 0. The van der Waals surface area contributed by atoms with Crippen LogP contribution in [0.3, 0.4) is 0 Å². The molecular weight excluding hydrogens is 241 g/mol. The van der Waals surface area contributed by atoms with Crippen molar-refractivity contribution >= 4 is 22.6 Å². The van der Waals surface area contributed by atoms with Crippen molar-refractivity contribution in [2.24, 2.45) is 7.05 Å². The molecule has 0 N–H and O–H groups in total. The molecule has 3 nitrogen and oxygen atoms in total. The summed E-state index contributed by atoms with van der Waals surface area (Å²) in [6, 6.07) is 2.02. The van der Waals surface area contributed by atoms with Crippen LogP contribution in [0.5, 0.6) is 0 Å². The molecule has 1 heterocycles. The summed E-state index contributed by atoms with van der Waals surface area (Å²) in [7, 11) is 1.83. The third-order valence-corrected chi connectivity index (χ3v) is 2.66. The van der Waals surface area contributed by atoms with Gasteiger partial charge in [-0.3, -0.25) is 4.68 Å². The lowest BCUT2D eigenvalue weighted by Crippen LogP contribution is -1.92. The Morgan fingerprint density at radius 2 is 2.30 bits per heavy atom. The predicted molar refractivity (Wildman–Crippen MR) is 45.4 cm³/mol. The minimum Gasteiger partial charge on any atom is -0.271 e. The summed E-state index contributed by atoms with van der Waals surface area (Å²) in [5.74, 6) is 0. The molecule has 1 aromatic rings. The second-order valence-electron chi connectivity index (χ2n) is 1.98. The largest absolute Gasteiger partial charge is 0.271 e. The quantitative estimate of drug-likeness (QED) is 0.646. The Hall–Kier alpha value is -0.570. The Morgan fingerprint density at radius 1 is 1.70 bits per heavy atom. The van der Waals surface area contributed by atoms with E-state index >= 15 is 0 Å². The van der Waals surface area contributed by atoms with E-state index in [0.29, 0.717) is 5.69 Å². The van der Waals surface area contributed by atoms with E-state index < -0.39 is 0 Å². The zero-order valence-corrected chi connectivity index (χ0v) is 7.88. The van der Waals surface area contributed by atoms with Crippen LogP contribution in [-0.4, -0.2) is 9.78 Å². The van der Waals surface area contributed by atoms with E-state index in [4.69, 9.17) is 5.26 Å². The van der Waals surface area contributed by atoms with Crippen molar-refractivity contribution in [2.45, 2.75) is 6.92 Å². The topological polar surface area (TPSA) is 41.6 Å². The summed E-state index contributed by atoms with van der Waals surface area (Å²) in [5.41, 5.74) is 1.55. The van der Waals surface area contributed by atoms with Crippen LogP contribution in [0.15, 0.2) is 0 Å². The monoisotopic (exact) mass is 247 g/mol. The minimum atomic E-state index is 0.514. The molecule has 0 bridgehead atoms. The van der Waals surface area contributed by atoms with E-state index in [0.717, 1.165) is 9.26 Å². The number of hydrogen-bond acceptors (Lipinski definition) is 2. The van der Waals surface area contributed by atoms with Gasteiger partial charge in [-0.1, -0.05) is 0 Å². The first-order chi connectivity index (χ1) is 4.66. The molecule has 0 radical (unpaired) electrons. The third-order valence-electron chi connectivity index (χ3n) is 1.37. The number of nitrogens with zero attached hydrogens (tertiary/aromatic N) is 3. The smallest absolute Gasteiger partial charge is 0.176 e. The fourth-order valence-electron chi connectivity index (χ4n) is 0.654. The summed E-state index contributed by atoms with van der Waals surface area (Å²) in [6.45, 7) is 1.94. The molecule has 10 heavy (non-hydrogen) atoms. The van der Waals surface area contributed by atoms with Crippen LogP contribution < -0.4 is 0 Å². The van der Waals surface area contributed by atoms with Crippen LogP contribution >= 0.6 is 22.6 Å². The summed E-state index contributed by atoms with van der Waals surface area (Å²) >= 11 is 2.12. The van der Waals surface area contributed by atoms with Gasteiger partial charge in [-0.15, -0.1) is 0 Å². The van der Waals surface area contributed by atoms with Crippen molar-refractivity contribution in [1.29, 1.82) is 5.26 Å². The van der Waals surface area contributed by atoms with Gasteiger partial charge in [0.15, 0.2) is 5.69 Å². The highest BCUT2D eigenvalue weighted by atomic mass is 127. The molecule has 0 atom stereocenters. The maximum atomic E-state index is 8.53. The number of aromatic nitrogens is 2. The van der Waals surface area contributed by atoms with E-state index in [9.17, 15) is 0 Å². The number of rotatable bonds is 0. The first-order valence-electron chi connectivity index (χ1n) is 2.76. The molecule has 0 aromatic carbocycles. The Morgan fingerprint density at radius 3 is 2.50 bits per heavy atom. The first-order valence-corrected chi connectivity index (χ1v) is 3.84. The molecule has 0 unspecified atom stereocenters. The Kier molecular flexibility index (Phi) is 1.94. The summed E-state index contributed by atoms with van der Waals surface area (Å²) < 4.78 is 2.66. The number of aryl methyl sites for hydroxylation is 1. The summed E-state index contributed by atoms with van der Waals surface area (Å²) in [6.07, 6.45) is 0. The van der Waals surface area contributed by atoms with Gasteiger partial charge in [0.05, 0.1) is 3.57 Å². The van der Waals surface area contributed by atoms with E-state index in [2.05, 4.69) is 27.7 Å². The standard InChI is InChI=1S/C6H6IN3/c1-4-6(7)5(3-8)9-10(4)2/h1-2H3. The lowest BCUT2D eigenvalue weighted by atomic mass is 10.4. The van der Waals surface area contributed by atoms with Gasteiger partial charge in [-0.25, -0.2) is 0 Å². The van der Waals surface area contributed by atoms with Crippen LogP contribution in [-0.2, 0) is 7.05 Å². The number of halogens is 1. The molecule has 0 saturated carbocycles. The van der Waals surface area contributed by atoms with Crippen molar-refractivity contribution in [3.63, 3.8) is 0 Å². The highest BCUT2D eigenvalue weighted by Gasteiger charge is 2.07. The van der Waals surface area contributed by atoms with E-state index in [1.54, 1.807) is 4.68 Å². The van der Waals surface area contributed by atoms with Crippen LogP contribution in [0.25, 0.3) is 0 Å². The van der Waals surface area contributed by atoms with Crippen molar-refractivity contribution in [2.75, 3.05) is 0 Å². The lowest BCUT2D eigenvalue weighted by molar-refractivity contribution is 0.736. The van der Waals surface area contributed by atoms with Crippen molar-refractivity contribution in [1.82, 2.24) is 9.78 Å². The van der Waals surface area contributed by atoms with E-state index in [1.807, 2.05) is 20.0 Å². The maximum absolute atomic E-state index is 8.53. The van der Waals surface area contributed by atoms with Crippen molar-refractivity contribution in [3.8, 4) is 6.07 Å². The van der Waals surface area contributed by atoms with Gasteiger partial charge in [0.25, 0.3) is 0 Å². The molecule has 4 heteroatoms. The van der Waals surface area contributed by atoms with Crippen LogP contribution in [0, 0.1) is 21.8 Å². The van der Waals surface area contributed by atoms with Crippen molar-refractivity contribution < 1.29 is 0 Å². The van der Waals surface area contributed by atoms with Gasteiger partial charge in [0, 0.05) is 12.7 Å². The first kappa shape index (κ1) is 7.54. The molecule has 0 aliphatic rings. The maximum Gasteiger partial charge on any atom is 0.176 e. The van der Waals surface area contributed by atoms with Crippen LogP contribution in [0.1, 0.15) is 11.4 Å². The molecule has 1 rings (SSSR count). The summed E-state index contributed by atoms with van der Waals surface area (Å²) in [4.78, 5) is 0. The van der Waals surface area contributed by atoms with E-state index in [1.165, 1.54) is 0 Å². The average Bonchev–Trinajstić information content (AvgIpc) is 2.17. The molecule has 1 aromatic heterocycles. The van der Waals surface area contributed by atoms with Crippen molar-refractivity contribution in [3.05, 3.63) is 15.0 Å². The molecular formula is C6H6IN3. The molecule has 0 aliphatic heterocycles. The van der Waals surface area contributed by atoms with Gasteiger partial charge in [0.1, 0.15) is 6.07 Å². The Balaban J connectivity index is 3.34. The Bertz CT molecular complexity index is 295. The van der Waals surface area contributed by atoms with Gasteiger partial charge >= 0.3 is 0 Å². The van der Waals surface area contributed by atoms with Crippen LogP contribution in [0.4, 0.5) is 0 Å². The third kappa shape index (κ3) is 1.01. The second kappa shape index (κ2) is 2.58. The number of nitriles is 1. The van der Waals surface area contributed by atoms with E-state index in [-0.39, 0.29) is 0 Å². The summed E-state index contributed by atoms with van der Waals surface area (Å²) in [5, 5.41) is 12.5. The van der Waals surface area contributed by atoms with Gasteiger partial charge in [-0.2, -0.15) is 10.4 Å². The normalized spacial score (nSPS) is 9.40. The minimum absolute atomic E-state index is 0.514. The highest BCUT2D eigenvalue weighted by Crippen LogP contribution is 2.13. The fourth-order valence-corrected chi connectivity index (χ4v) is 1.23. The lowest BCUT2D eigenvalue weighted by Gasteiger charge is -1.89. The van der Waals surface area contributed by atoms with Gasteiger partial charge in [-0.05, 0) is 29.5 Å². The molecule has 0 amide bonds. The molecule has 0 spiro atoms.